The first-order valence-electron chi connectivity index (χ1n) is 3.48. The zero-order valence-electron chi connectivity index (χ0n) is 6.58. The molecule has 1 rings (SSSR count). The molecular formula is C9H11NS. The lowest BCUT2D eigenvalue weighted by Gasteiger charge is -2.02. The summed E-state index contributed by atoms with van der Waals surface area (Å²) in [4.78, 5) is 5.27. The summed E-state index contributed by atoms with van der Waals surface area (Å²) < 4.78 is 0. The van der Waals surface area contributed by atoms with Crippen molar-refractivity contribution < 1.29 is 0 Å². The number of allylic oxidation sites excluding steroid dienone is 3. The predicted octanol–water partition coefficient (Wildman–Crippen LogP) is 2.78. The van der Waals surface area contributed by atoms with Crippen molar-refractivity contribution >= 4 is 18.0 Å². The van der Waals surface area contributed by atoms with Gasteiger partial charge < -0.3 is 0 Å². The molecule has 1 aliphatic heterocycles. The van der Waals surface area contributed by atoms with Crippen molar-refractivity contribution in [2.45, 2.75) is 6.92 Å². The van der Waals surface area contributed by atoms with Gasteiger partial charge in [0.15, 0.2) is 0 Å². The van der Waals surface area contributed by atoms with Gasteiger partial charge in [-0.05, 0) is 13.0 Å². The second kappa shape index (κ2) is 4.19. The van der Waals surface area contributed by atoms with Crippen LogP contribution in [0.15, 0.2) is 40.4 Å². The molecule has 0 aromatic carbocycles. The van der Waals surface area contributed by atoms with Gasteiger partial charge in [-0.2, -0.15) is 0 Å². The van der Waals surface area contributed by atoms with Crippen LogP contribution in [0, 0.1) is 0 Å². The number of nitrogens with zero attached hydrogens (tertiary/aromatic N) is 1. The molecule has 0 spiro atoms. The molecule has 11 heavy (non-hydrogen) atoms. The van der Waals surface area contributed by atoms with E-state index in [1.807, 2.05) is 25.4 Å². The molecule has 0 saturated carbocycles. The van der Waals surface area contributed by atoms with Crippen LogP contribution in [0.1, 0.15) is 6.92 Å². The highest BCUT2D eigenvalue weighted by Crippen LogP contribution is 2.20. The highest BCUT2D eigenvalue weighted by atomic mass is 32.2. The fourth-order valence-corrected chi connectivity index (χ4v) is 1.46. The second-order valence-electron chi connectivity index (χ2n) is 2.27. The average Bonchev–Trinajstić information content (AvgIpc) is 2.06. The minimum atomic E-state index is 0.979. The van der Waals surface area contributed by atoms with E-state index in [0.717, 1.165) is 5.75 Å². The third-order valence-electron chi connectivity index (χ3n) is 1.32. The van der Waals surface area contributed by atoms with E-state index in [9.17, 15) is 0 Å². The second-order valence-corrected chi connectivity index (χ2v) is 3.36. The molecule has 0 radical (unpaired) electrons. The molecule has 58 valence electrons. The van der Waals surface area contributed by atoms with Crippen molar-refractivity contribution in [3.05, 3.63) is 35.4 Å². The van der Waals surface area contributed by atoms with Crippen molar-refractivity contribution in [3.63, 3.8) is 0 Å². The van der Waals surface area contributed by atoms with Crippen LogP contribution in [0.5, 0.6) is 0 Å². The molecule has 1 aliphatic rings. The lowest BCUT2D eigenvalue weighted by molar-refractivity contribution is 1.49. The molecule has 0 N–H and O–H groups in total. The van der Waals surface area contributed by atoms with Gasteiger partial charge in [-0.25, -0.2) is 0 Å². The van der Waals surface area contributed by atoms with Gasteiger partial charge in [-0.3, -0.25) is 4.99 Å². The van der Waals surface area contributed by atoms with E-state index in [1.165, 1.54) is 10.5 Å². The Hall–Kier alpha value is -0.760. The van der Waals surface area contributed by atoms with Gasteiger partial charge in [0.25, 0.3) is 0 Å². The molecular weight excluding hydrogens is 154 g/mol. The molecule has 0 unspecified atom stereocenters. The summed E-state index contributed by atoms with van der Waals surface area (Å²) in [6.07, 6.45) is 7.72. The van der Waals surface area contributed by atoms with Crippen molar-refractivity contribution in [1.29, 1.82) is 0 Å². The third-order valence-corrected chi connectivity index (χ3v) is 2.20. The third kappa shape index (κ3) is 2.76. The Labute approximate surface area is 71.6 Å². The maximum Gasteiger partial charge on any atom is 0.0400 e. The standard InChI is InChI=1S/C9H11NS/c1-3-8(2)6-9-7-10-4-5-11-9/h3-4,6-7H,1,5H2,2H3/b8-6-. The fraction of sp³-hybridized carbons (Fsp3) is 0.222. The van der Waals surface area contributed by atoms with Crippen molar-refractivity contribution in [2.75, 3.05) is 5.75 Å². The number of hydrogen-bond donors (Lipinski definition) is 0. The summed E-state index contributed by atoms with van der Waals surface area (Å²) in [7, 11) is 0. The topological polar surface area (TPSA) is 12.4 Å². The average molecular weight is 165 g/mol. The Bertz CT molecular complexity index is 236. The maximum atomic E-state index is 4.06. The maximum absolute atomic E-state index is 4.06. The summed E-state index contributed by atoms with van der Waals surface area (Å²) in [5.41, 5.74) is 1.18. The van der Waals surface area contributed by atoms with Gasteiger partial charge in [-0.15, -0.1) is 11.8 Å². The zero-order chi connectivity index (χ0) is 8.10. The molecule has 0 aromatic heterocycles. The quantitative estimate of drug-likeness (QED) is 0.573. The van der Waals surface area contributed by atoms with Gasteiger partial charge >= 0.3 is 0 Å². The van der Waals surface area contributed by atoms with Crippen LogP contribution in [0.3, 0.4) is 0 Å². The molecule has 0 atom stereocenters. The van der Waals surface area contributed by atoms with Crippen LogP contribution in [-0.4, -0.2) is 12.0 Å². The molecule has 2 heteroatoms. The molecule has 0 fully saturated rings. The first kappa shape index (κ1) is 8.34. The molecule has 1 nitrogen and oxygen atoms in total. The van der Waals surface area contributed by atoms with E-state index in [2.05, 4.69) is 17.6 Å². The van der Waals surface area contributed by atoms with Gasteiger partial charge in [0.1, 0.15) is 0 Å². The Kier molecular flexibility index (Phi) is 3.17. The number of hydrogen-bond acceptors (Lipinski definition) is 2. The number of thioether (sulfide) groups is 1. The Balaban J connectivity index is 2.68. The van der Waals surface area contributed by atoms with Crippen LogP contribution in [0.25, 0.3) is 0 Å². The molecule has 0 saturated heterocycles. The van der Waals surface area contributed by atoms with Crippen molar-refractivity contribution in [1.82, 2.24) is 0 Å². The normalized spacial score (nSPS) is 17.9. The largest absolute Gasteiger partial charge is 0.267 e. The zero-order valence-corrected chi connectivity index (χ0v) is 7.40. The predicted molar refractivity (Wildman–Crippen MR) is 53.0 cm³/mol. The highest BCUT2D eigenvalue weighted by Gasteiger charge is 1.96. The smallest absolute Gasteiger partial charge is 0.0400 e. The highest BCUT2D eigenvalue weighted by molar-refractivity contribution is 8.03. The number of aliphatic imine (C=N–C) groups is 1. The first-order chi connectivity index (χ1) is 5.33. The van der Waals surface area contributed by atoms with Crippen molar-refractivity contribution in [3.8, 4) is 0 Å². The number of rotatable bonds is 2. The van der Waals surface area contributed by atoms with Gasteiger partial charge in [0, 0.05) is 23.1 Å². The first-order valence-corrected chi connectivity index (χ1v) is 4.47. The van der Waals surface area contributed by atoms with E-state index in [0.29, 0.717) is 0 Å². The van der Waals surface area contributed by atoms with E-state index >= 15 is 0 Å². The van der Waals surface area contributed by atoms with E-state index in [4.69, 9.17) is 0 Å². The lowest BCUT2D eigenvalue weighted by Crippen LogP contribution is -1.86. The van der Waals surface area contributed by atoms with E-state index in [-0.39, 0.29) is 0 Å². The molecule has 0 bridgehead atoms. The van der Waals surface area contributed by atoms with E-state index in [1.54, 1.807) is 11.8 Å². The summed E-state index contributed by atoms with van der Waals surface area (Å²) in [5.74, 6) is 0.979. The van der Waals surface area contributed by atoms with Crippen LogP contribution < -0.4 is 0 Å². The van der Waals surface area contributed by atoms with Crippen molar-refractivity contribution in [2.24, 2.45) is 4.99 Å². The van der Waals surface area contributed by atoms with E-state index < -0.39 is 0 Å². The van der Waals surface area contributed by atoms with Crippen LogP contribution in [0.4, 0.5) is 0 Å². The van der Waals surface area contributed by atoms with Gasteiger partial charge in [0.05, 0.1) is 0 Å². The molecule has 0 aromatic rings. The molecule has 0 amide bonds. The monoisotopic (exact) mass is 165 g/mol. The minimum Gasteiger partial charge on any atom is -0.267 e. The fourth-order valence-electron chi connectivity index (χ4n) is 0.702. The van der Waals surface area contributed by atoms with Gasteiger partial charge in [-0.1, -0.05) is 18.2 Å². The van der Waals surface area contributed by atoms with Crippen LogP contribution in [-0.2, 0) is 0 Å². The summed E-state index contributed by atoms with van der Waals surface area (Å²) in [5, 5.41) is 0. The summed E-state index contributed by atoms with van der Waals surface area (Å²) in [6.45, 7) is 5.72. The minimum absolute atomic E-state index is 0.979. The Morgan fingerprint density at radius 3 is 3.18 bits per heavy atom. The summed E-state index contributed by atoms with van der Waals surface area (Å²) >= 11 is 1.79. The molecule has 1 heterocycles. The Morgan fingerprint density at radius 1 is 1.82 bits per heavy atom. The Morgan fingerprint density at radius 2 is 2.64 bits per heavy atom. The van der Waals surface area contributed by atoms with Crippen LogP contribution >= 0.6 is 11.8 Å². The van der Waals surface area contributed by atoms with Crippen LogP contribution in [0.2, 0.25) is 0 Å². The SMILES string of the molecule is C=C/C(C)=C\C1=CN=CCS1. The summed E-state index contributed by atoms with van der Waals surface area (Å²) in [6, 6.07) is 0. The van der Waals surface area contributed by atoms with Gasteiger partial charge in [0.2, 0.25) is 0 Å². The molecule has 0 aliphatic carbocycles. The lowest BCUT2D eigenvalue weighted by atomic mass is 10.3.